The van der Waals surface area contributed by atoms with Crippen LogP contribution in [0.4, 0.5) is 4.79 Å². The van der Waals surface area contributed by atoms with Crippen molar-refractivity contribution in [3.63, 3.8) is 0 Å². The lowest BCUT2D eigenvalue weighted by molar-refractivity contribution is -0.136. The molecule has 0 radical (unpaired) electrons. The number of aromatic hydroxyl groups is 1. The Morgan fingerprint density at radius 2 is 1.29 bits per heavy atom. The number of nitrogens with two attached hydrogens (primary N) is 3. The summed E-state index contributed by atoms with van der Waals surface area (Å²) < 4.78 is 18.5. The molecule has 3 aliphatic rings. The Hall–Kier alpha value is -9.00. The largest absolute Gasteiger partial charge is 0.508 e. The van der Waals surface area contributed by atoms with Crippen molar-refractivity contribution < 1.29 is 67.3 Å². The number of amides is 9. The van der Waals surface area contributed by atoms with Crippen LogP contribution in [-0.4, -0.2) is 191 Å². The lowest BCUT2D eigenvalue weighted by Crippen LogP contribution is -2.58. The van der Waals surface area contributed by atoms with Crippen LogP contribution in [0.2, 0.25) is 0 Å². The van der Waals surface area contributed by atoms with Gasteiger partial charge in [0.2, 0.25) is 41.4 Å². The number of rotatable bonds is 30. The number of hydrogen-bond donors (Lipinski definition) is 12. The van der Waals surface area contributed by atoms with Crippen LogP contribution in [0.15, 0.2) is 96.1 Å². The Morgan fingerprint density at radius 3 is 1.99 bits per heavy atom. The average molecular weight is 1410 g/mol. The third kappa shape index (κ3) is 27.6. The van der Waals surface area contributed by atoms with Crippen LogP contribution in [0.25, 0.3) is 0 Å². The number of aliphatic imine (C=N–C) groups is 1. The van der Waals surface area contributed by atoms with Gasteiger partial charge in [0.15, 0.2) is 17.5 Å². The Morgan fingerprint density at radius 1 is 0.660 bits per heavy atom. The minimum Gasteiger partial charge on any atom is -0.508 e. The standard InChI is InChI=1S/C70H99N15O14S/c1-44(2)34-55-67(94)78-53(36-47-22-24-51(86)25-23-47)58(87)38-48(64(71)91)18-11-12-28-85-41-50(83-84-85)40-54(76-62(90)42-99-33-32-98-31-30-97-29-27-74-61(89)21-10-9-20-60-63-57(43-100-60)81-70(96)82-63)59(88)39-49(35-45-14-5-3-6-15-45)65(92)79-56(37-46-16-7-4-8-17-46)68(95)77-52(66(93)80-55)19-13-26-75-69(72)73/h3-8,14-17,22-25,41,44,48-49,52-57,60,63,86H,9-13,18-21,26-40,42-43H2,1-2H3,(H2,71,91)(H,74,89)(H,76,90)(H,77,95)(H,78,94)(H,79,92)(H,80,93)(H4,72,73,75)(H2,81,82,96)/t48-,49+,52-,53-,54+,55-,56-,57-,60-,63-/m1/s1. The number of aromatic nitrogens is 3. The number of urea groups is 1. The van der Waals surface area contributed by atoms with Crippen LogP contribution in [0, 0.1) is 17.8 Å². The molecule has 100 heavy (non-hydrogen) atoms. The molecule has 544 valence electrons. The first kappa shape index (κ1) is 78.3. The summed E-state index contributed by atoms with van der Waals surface area (Å²) in [4.78, 5) is 144. The highest BCUT2D eigenvalue weighted by Crippen LogP contribution is 2.33. The summed E-state index contributed by atoms with van der Waals surface area (Å²) in [6, 6.07) is 17.6. The van der Waals surface area contributed by atoms with Gasteiger partial charge in [0.1, 0.15) is 30.5 Å². The van der Waals surface area contributed by atoms with Crippen molar-refractivity contribution in [1.29, 1.82) is 0 Å². The lowest BCUT2D eigenvalue weighted by atomic mass is 9.89. The van der Waals surface area contributed by atoms with Crippen molar-refractivity contribution in [2.45, 2.75) is 171 Å². The van der Waals surface area contributed by atoms with Crippen molar-refractivity contribution in [1.82, 2.24) is 57.5 Å². The summed E-state index contributed by atoms with van der Waals surface area (Å²) in [5.74, 6) is -7.07. The second-order valence-electron chi connectivity index (χ2n) is 26.0. The molecular formula is C70H99N15O14S. The molecular weight excluding hydrogens is 1310 g/mol. The minimum absolute atomic E-state index is 0.0105. The number of unbranched alkanes of at least 4 members (excludes halogenated alkanes) is 1. The molecule has 29 nitrogen and oxygen atoms in total. The quantitative estimate of drug-likeness (QED) is 0.0152. The molecule has 30 heteroatoms. The maximum atomic E-state index is 15.1. The fourth-order valence-electron chi connectivity index (χ4n) is 12.2. The Labute approximate surface area is 587 Å². The van der Waals surface area contributed by atoms with Crippen molar-refractivity contribution in [3.8, 4) is 5.75 Å². The van der Waals surface area contributed by atoms with Crippen LogP contribution in [-0.2, 0) is 89.6 Å². The molecule has 10 atom stereocenters. The molecule has 15 N–H and O–H groups in total. The summed E-state index contributed by atoms with van der Waals surface area (Å²) in [6.07, 6.45) is 4.79. The number of guanidine groups is 1. The van der Waals surface area contributed by atoms with Gasteiger partial charge in [-0.1, -0.05) is 105 Å². The number of carbonyl (C=O) groups excluding carboxylic acids is 10. The molecule has 1 aromatic heterocycles. The van der Waals surface area contributed by atoms with E-state index in [1.807, 2.05) is 25.6 Å². The molecule has 3 aromatic carbocycles. The number of Topliss-reactive ketones (excluding diaryl/α,β-unsaturated/α-hetero) is 2. The first-order chi connectivity index (χ1) is 48.2. The van der Waals surface area contributed by atoms with Gasteiger partial charge in [0.05, 0.1) is 62.9 Å². The summed E-state index contributed by atoms with van der Waals surface area (Å²) >= 11 is 1.85. The first-order valence-electron chi connectivity index (χ1n) is 34.5. The Balaban J connectivity index is 1.05. The predicted molar refractivity (Wildman–Crippen MR) is 374 cm³/mol. The number of thioether (sulfide) groups is 1. The van der Waals surface area contributed by atoms with Gasteiger partial charge in [-0.05, 0) is 92.5 Å². The van der Waals surface area contributed by atoms with E-state index in [9.17, 15) is 48.3 Å². The summed E-state index contributed by atoms with van der Waals surface area (Å²) in [5, 5.41) is 42.1. The number of phenolic OH excluding ortho intramolecular Hbond substituents is 1. The molecule has 3 aliphatic heterocycles. The molecule has 0 spiro atoms. The number of nitrogens with one attached hydrogen (secondary N) is 8. The number of phenols is 1. The normalized spacial score (nSPS) is 23.0. The fourth-order valence-corrected chi connectivity index (χ4v) is 13.7. The maximum Gasteiger partial charge on any atom is 0.315 e. The molecule has 7 rings (SSSR count). The van der Waals surface area contributed by atoms with Crippen molar-refractivity contribution in [2.24, 2.45) is 39.9 Å². The average Bonchev–Trinajstić information content (AvgIpc) is 1.66. The van der Waals surface area contributed by atoms with Gasteiger partial charge in [-0.25, -0.2) is 4.79 Å². The van der Waals surface area contributed by atoms with Gasteiger partial charge >= 0.3 is 6.03 Å². The molecule has 2 saturated heterocycles. The fraction of sp³-hybridized carbons (Fsp3) is 0.557. The predicted octanol–water partition coefficient (Wildman–Crippen LogP) is 1.49. The van der Waals surface area contributed by atoms with E-state index in [2.05, 4.69) is 57.8 Å². The number of nitrogens with zero attached hydrogens (tertiary/aromatic N) is 4. The van der Waals surface area contributed by atoms with Crippen molar-refractivity contribution in [2.75, 3.05) is 58.5 Å². The van der Waals surface area contributed by atoms with Crippen molar-refractivity contribution in [3.05, 3.63) is 114 Å². The van der Waals surface area contributed by atoms with Crippen molar-refractivity contribution >= 4 is 76.7 Å². The van der Waals surface area contributed by atoms with E-state index in [1.54, 1.807) is 83.7 Å². The third-order valence-electron chi connectivity index (χ3n) is 17.4. The second-order valence-corrected chi connectivity index (χ2v) is 27.3. The zero-order valence-electron chi connectivity index (χ0n) is 57.1. The van der Waals surface area contributed by atoms with Gasteiger partial charge in [-0.2, -0.15) is 11.8 Å². The van der Waals surface area contributed by atoms with Crippen LogP contribution in [0.3, 0.4) is 0 Å². The van der Waals surface area contributed by atoms with Gasteiger partial charge < -0.3 is 79.1 Å². The number of carbonyl (C=O) groups is 10. The number of ether oxygens (including phenoxy) is 3. The molecule has 4 heterocycles. The SMILES string of the molecule is CC(C)C[C@H]1NC(=O)[C@@H](CCCN=C(N)N)NC(=O)[C@@H](Cc2ccccc2)NC(=O)[C@@H](Cc2ccccc2)CC(=O)[C@@H](NC(=O)COCCOCCOCCNC(=O)CCCC[C@H]2SC[C@H]3NC(=O)N[C@H]32)Cc2cn(nn2)CCCC[C@@H](C(N)=O)CC(=O)[C@@H](Cc2ccc(O)cc2)NC1=O. The van der Waals surface area contributed by atoms with Gasteiger partial charge in [-0.15, -0.1) is 5.10 Å². The molecule has 0 unspecified atom stereocenters. The number of ketones is 2. The topological polar surface area (TPSA) is 436 Å². The molecule has 2 bridgehead atoms. The number of aryl methyl sites for hydroxylation is 1. The smallest absolute Gasteiger partial charge is 0.315 e. The highest BCUT2D eigenvalue weighted by molar-refractivity contribution is 8.00. The number of primary amides is 1. The van der Waals surface area contributed by atoms with Gasteiger partial charge in [0.25, 0.3) is 0 Å². The molecule has 2 fully saturated rings. The van der Waals surface area contributed by atoms with E-state index in [1.165, 1.54) is 12.1 Å². The number of benzene rings is 3. The zero-order chi connectivity index (χ0) is 71.8. The van der Waals surface area contributed by atoms with E-state index in [4.69, 9.17) is 31.4 Å². The summed E-state index contributed by atoms with van der Waals surface area (Å²) in [5.41, 5.74) is 19.5. The van der Waals surface area contributed by atoms with E-state index >= 15 is 4.79 Å². The van der Waals surface area contributed by atoms with E-state index in [-0.39, 0.29) is 139 Å². The van der Waals surface area contributed by atoms with E-state index in [0.29, 0.717) is 60.0 Å². The maximum absolute atomic E-state index is 15.1. The van der Waals surface area contributed by atoms with E-state index < -0.39 is 102 Å². The third-order valence-corrected chi connectivity index (χ3v) is 19.0. The molecule has 0 aliphatic carbocycles. The number of fused-ring (bicyclic) bond motifs is 3. The monoisotopic (exact) mass is 1410 g/mol. The highest BCUT2D eigenvalue weighted by atomic mass is 32.2. The summed E-state index contributed by atoms with van der Waals surface area (Å²) in [7, 11) is 0. The molecule has 4 aromatic rings. The molecule has 9 amide bonds. The number of hydrogen-bond acceptors (Lipinski definition) is 18. The zero-order valence-corrected chi connectivity index (χ0v) is 57.9. The minimum atomic E-state index is -1.36. The summed E-state index contributed by atoms with van der Waals surface area (Å²) in [6.45, 7) is 4.75. The molecule has 0 saturated carbocycles. The lowest BCUT2D eigenvalue weighted by Gasteiger charge is -2.28. The van der Waals surface area contributed by atoms with Crippen LogP contribution < -0.4 is 59.7 Å². The highest BCUT2D eigenvalue weighted by Gasteiger charge is 2.43. The van der Waals surface area contributed by atoms with E-state index in [0.717, 1.165) is 25.0 Å². The van der Waals surface area contributed by atoms with Crippen LogP contribution in [0.5, 0.6) is 5.75 Å². The Kier molecular flexibility index (Phi) is 32.5. The van der Waals surface area contributed by atoms with Crippen LogP contribution >= 0.6 is 11.8 Å². The second kappa shape index (κ2) is 41.5. The Bertz CT molecular complexity index is 3340. The van der Waals surface area contributed by atoms with Crippen LogP contribution in [0.1, 0.15) is 113 Å². The first-order valence-corrected chi connectivity index (χ1v) is 35.5. The van der Waals surface area contributed by atoms with Gasteiger partial charge in [0, 0.05) is 80.8 Å². The van der Waals surface area contributed by atoms with Gasteiger partial charge in [-0.3, -0.25) is 52.8 Å².